The Hall–Kier alpha value is -2.24. The van der Waals surface area contributed by atoms with Gasteiger partial charge < -0.3 is 37.0 Å². The summed E-state index contributed by atoms with van der Waals surface area (Å²) in [5, 5.41) is 33.5. The first kappa shape index (κ1) is 20.8. The van der Waals surface area contributed by atoms with E-state index in [4.69, 9.17) is 10.8 Å². The number of aliphatic hydroxyl groups is 2. The van der Waals surface area contributed by atoms with Crippen LogP contribution in [0, 0.1) is 0 Å². The molecule has 11 nitrogen and oxygen atoms in total. The van der Waals surface area contributed by atoms with Crippen LogP contribution in [0.3, 0.4) is 0 Å². The standard InChI is InChI=1S/C12H22N4O7/c1-5(17)9(13)11(22)16-10(6(2)18)12(23)15-3-7(19)14-4-8(20)21/h5-6,9-10,17-18H,3-4,13H2,1-2H3,(H,14,19)(H,15,23)(H,16,22)(H,20,21). The van der Waals surface area contributed by atoms with E-state index in [1.54, 1.807) is 0 Å². The third-order valence-electron chi connectivity index (χ3n) is 2.75. The lowest BCUT2D eigenvalue weighted by atomic mass is 10.1. The van der Waals surface area contributed by atoms with Crippen LogP contribution in [0.25, 0.3) is 0 Å². The number of carbonyl (C=O) groups is 4. The number of rotatable bonds is 9. The maximum atomic E-state index is 11.9. The first-order chi connectivity index (χ1) is 10.6. The van der Waals surface area contributed by atoms with Gasteiger partial charge in [0.2, 0.25) is 17.7 Å². The van der Waals surface area contributed by atoms with E-state index in [1.165, 1.54) is 13.8 Å². The molecule has 0 aliphatic carbocycles. The van der Waals surface area contributed by atoms with Gasteiger partial charge in [0.15, 0.2) is 0 Å². The molecular formula is C12H22N4O7. The second kappa shape index (κ2) is 9.71. The number of aliphatic hydroxyl groups excluding tert-OH is 2. The molecule has 4 unspecified atom stereocenters. The van der Waals surface area contributed by atoms with Crippen molar-refractivity contribution in [3.05, 3.63) is 0 Å². The van der Waals surface area contributed by atoms with E-state index in [9.17, 15) is 29.4 Å². The van der Waals surface area contributed by atoms with Gasteiger partial charge in [0.05, 0.1) is 18.8 Å². The molecule has 0 aromatic heterocycles. The summed E-state index contributed by atoms with van der Waals surface area (Å²) in [6.45, 7) is 1.39. The number of carboxylic acids is 1. The van der Waals surface area contributed by atoms with Gasteiger partial charge in [-0.05, 0) is 13.8 Å². The molecule has 11 heteroatoms. The molecule has 0 aromatic carbocycles. The lowest BCUT2D eigenvalue weighted by Crippen LogP contribution is -2.58. The summed E-state index contributed by atoms with van der Waals surface area (Å²) >= 11 is 0. The molecule has 0 aliphatic rings. The molecule has 0 rings (SSSR count). The molecule has 4 atom stereocenters. The van der Waals surface area contributed by atoms with Crippen LogP contribution in [0.15, 0.2) is 0 Å². The molecule has 3 amide bonds. The Morgan fingerprint density at radius 1 is 0.957 bits per heavy atom. The predicted octanol–water partition coefficient (Wildman–Crippen LogP) is -4.12. The Balaban J connectivity index is 4.55. The molecule has 132 valence electrons. The number of carboxylic acid groups (broad SMARTS) is 1. The summed E-state index contributed by atoms with van der Waals surface area (Å²) < 4.78 is 0. The Morgan fingerprint density at radius 3 is 1.96 bits per heavy atom. The number of aliphatic carboxylic acids is 1. The second-order valence-electron chi connectivity index (χ2n) is 4.88. The SMILES string of the molecule is CC(O)C(N)C(=O)NC(C(=O)NCC(=O)NCC(=O)O)C(C)O. The number of amides is 3. The highest BCUT2D eigenvalue weighted by molar-refractivity contribution is 5.92. The monoisotopic (exact) mass is 334 g/mol. The number of hydrogen-bond donors (Lipinski definition) is 7. The zero-order valence-electron chi connectivity index (χ0n) is 12.8. The zero-order valence-corrected chi connectivity index (χ0v) is 12.8. The van der Waals surface area contributed by atoms with Crippen molar-refractivity contribution in [3.63, 3.8) is 0 Å². The van der Waals surface area contributed by atoms with Gasteiger partial charge >= 0.3 is 5.97 Å². The number of nitrogens with two attached hydrogens (primary N) is 1. The van der Waals surface area contributed by atoms with Crippen molar-refractivity contribution in [3.8, 4) is 0 Å². The summed E-state index contributed by atoms with van der Waals surface area (Å²) in [6, 6.07) is -2.68. The quantitative estimate of drug-likeness (QED) is 0.221. The van der Waals surface area contributed by atoms with Crippen LogP contribution in [0.1, 0.15) is 13.8 Å². The van der Waals surface area contributed by atoms with Crippen molar-refractivity contribution < 1.29 is 34.5 Å². The first-order valence-electron chi connectivity index (χ1n) is 6.74. The molecule has 0 spiro atoms. The minimum atomic E-state index is -1.39. The van der Waals surface area contributed by atoms with E-state index in [2.05, 4.69) is 10.6 Å². The van der Waals surface area contributed by atoms with Gasteiger partial charge in [0.1, 0.15) is 18.6 Å². The lowest BCUT2D eigenvalue weighted by Gasteiger charge is -2.23. The van der Waals surface area contributed by atoms with E-state index in [1.807, 2.05) is 5.32 Å². The van der Waals surface area contributed by atoms with Crippen molar-refractivity contribution in [1.82, 2.24) is 16.0 Å². The van der Waals surface area contributed by atoms with Crippen molar-refractivity contribution in [2.45, 2.75) is 38.1 Å². The van der Waals surface area contributed by atoms with Gasteiger partial charge in [-0.3, -0.25) is 19.2 Å². The lowest BCUT2D eigenvalue weighted by molar-refractivity contribution is -0.138. The van der Waals surface area contributed by atoms with Gasteiger partial charge in [-0.25, -0.2) is 0 Å². The number of hydrogen-bond acceptors (Lipinski definition) is 7. The van der Waals surface area contributed by atoms with Gasteiger partial charge in [-0.1, -0.05) is 0 Å². The maximum absolute atomic E-state index is 11.9. The van der Waals surface area contributed by atoms with E-state index in [0.717, 1.165) is 0 Å². The first-order valence-corrected chi connectivity index (χ1v) is 6.74. The van der Waals surface area contributed by atoms with Gasteiger partial charge in [-0.2, -0.15) is 0 Å². The van der Waals surface area contributed by atoms with Gasteiger partial charge in [0.25, 0.3) is 0 Å². The molecule has 8 N–H and O–H groups in total. The molecule has 0 bridgehead atoms. The second-order valence-corrected chi connectivity index (χ2v) is 4.88. The van der Waals surface area contributed by atoms with E-state index >= 15 is 0 Å². The highest BCUT2D eigenvalue weighted by Gasteiger charge is 2.29. The summed E-state index contributed by atoms with van der Waals surface area (Å²) in [7, 11) is 0. The summed E-state index contributed by atoms with van der Waals surface area (Å²) in [5.41, 5.74) is 5.40. The highest BCUT2D eigenvalue weighted by atomic mass is 16.4. The van der Waals surface area contributed by atoms with Crippen LogP contribution in [-0.2, 0) is 19.2 Å². The topological polar surface area (TPSA) is 191 Å². The molecule has 0 heterocycles. The van der Waals surface area contributed by atoms with Crippen LogP contribution >= 0.6 is 0 Å². The van der Waals surface area contributed by atoms with Gasteiger partial charge in [-0.15, -0.1) is 0 Å². The van der Waals surface area contributed by atoms with Crippen molar-refractivity contribution >= 4 is 23.7 Å². The fourth-order valence-corrected chi connectivity index (χ4v) is 1.39. The van der Waals surface area contributed by atoms with Crippen LogP contribution in [0.5, 0.6) is 0 Å². The normalized spacial score (nSPS) is 15.7. The predicted molar refractivity (Wildman–Crippen MR) is 76.9 cm³/mol. The fraction of sp³-hybridized carbons (Fsp3) is 0.667. The average molecular weight is 334 g/mol. The van der Waals surface area contributed by atoms with Crippen LogP contribution in [0.4, 0.5) is 0 Å². The Labute approximate surface area is 132 Å². The molecule has 0 aliphatic heterocycles. The van der Waals surface area contributed by atoms with Crippen molar-refractivity contribution in [2.24, 2.45) is 5.73 Å². The van der Waals surface area contributed by atoms with Crippen LogP contribution < -0.4 is 21.7 Å². The average Bonchev–Trinajstić information content (AvgIpc) is 2.46. The molecule has 0 fully saturated rings. The largest absolute Gasteiger partial charge is 0.480 e. The maximum Gasteiger partial charge on any atom is 0.322 e. The summed E-state index contributed by atoms with van der Waals surface area (Å²) in [4.78, 5) is 45.1. The Morgan fingerprint density at radius 2 is 1.52 bits per heavy atom. The van der Waals surface area contributed by atoms with E-state index in [-0.39, 0.29) is 0 Å². The molecule has 0 saturated heterocycles. The molecule has 0 aromatic rings. The van der Waals surface area contributed by atoms with Crippen molar-refractivity contribution in [1.29, 1.82) is 0 Å². The highest BCUT2D eigenvalue weighted by Crippen LogP contribution is 1.96. The zero-order chi connectivity index (χ0) is 18.2. The van der Waals surface area contributed by atoms with Crippen LogP contribution in [0.2, 0.25) is 0 Å². The Kier molecular flexibility index (Phi) is 8.77. The van der Waals surface area contributed by atoms with Crippen molar-refractivity contribution in [2.75, 3.05) is 13.1 Å². The van der Waals surface area contributed by atoms with E-state index in [0.29, 0.717) is 0 Å². The smallest absolute Gasteiger partial charge is 0.322 e. The fourth-order valence-electron chi connectivity index (χ4n) is 1.39. The Bertz CT molecular complexity index is 453. The molecular weight excluding hydrogens is 312 g/mol. The third-order valence-corrected chi connectivity index (χ3v) is 2.75. The minimum Gasteiger partial charge on any atom is -0.480 e. The molecule has 0 radical (unpaired) electrons. The number of carbonyl (C=O) groups excluding carboxylic acids is 3. The summed E-state index contributed by atoms with van der Waals surface area (Å²) in [6.07, 6.45) is -2.45. The number of nitrogens with one attached hydrogen (secondary N) is 3. The third kappa shape index (κ3) is 8.09. The van der Waals surface area contributed by atoms with E-state index < -0.39 is 61.1 Å². The molecule has 23 heavy (non-hydrogen) atoms. The summed E-state index contributed by atoms with van der Waals surface area (Å²) in [5.74, 6) is -3.71. The van der Waals surface area contributed by atoms with Crippen LogP contribution in [-0.4, -0.2) is 76.4 Å². The van der Waals surface area contributed by atoms with Gasteiger partial charge in [0, 0.05) is 0 Å². The molecule has 0 saturated carbocycles. The minimum absolute atomic E-state index is 0.534.